The van der Waals surface area contributed by atoms with Crippen LogP contribution in [0.15, 0.2) is 30.3 Å². The molecule has 1 aromatic rings. The zero-order valence-electron chi connectivity index (χ0n) is 12.8. The van der Waals surface area contributed by atoms with Gasteiger partial charge in [-0.05, 0) is 30.7 Å². The quantitative estimate of drug-likeness (QED) is 0.875. The smallest absolute Gasteiger partial charge is 0.223 e. The fourth-order valence-corrected chi connectivity index (χ4v) is 3.04. The molecule has 1 saturated carbocycles. The third-order valence-electron chi connectivity index (χ3n) is 4.22. The third-order valence-corrected chi connectivity index (χ3v) is 4.22. The van der Waals surface area contributed by atoms with Gasteiger partial charge in [0.15, 0.2) is 0 Å². The van der Waals surface area contributed by atoms with Crippen molar-refractivity contribution in [1.29, 1.82) is 0 Å². The molecule has 118 valence electrons. The van der Waals surface area contributed by atoms with Gasteiger partial charge in [0.05, 0.1) is 0 Å². The lowest BCUT2D eigenvalue weighted by Crippen LogP contribution is -2.35. The highest BCUT2D eigenvalue weighted by molar-refractivity contribution is 5.85. The van der Waals surface area contributed by atoms with Gasteiger partial charge >= 0.3 is 0 Å². The van der Waals surface area contributed by atoms with E-state index in [9.17, 15) is 4.79 Å². The Labute approximate surface area is 134 Å². The standard InChI is InChI=1S/C17H26N2O.ClH/c1-2-11-19(13-14-7-4-3-5-8-14)17(20)12-15-9-6-10-16(15)18;/h3-5,7-8,15-16H,2,6,9-13,18H2,1H3;1H/t15-,16+;/m0./s1. The molecule has 0 bridgehead atoms. The van der Waals surface area contributed by atoms with E-state index in [1.807, 2.05) is 23.1 Å². The number of nitrogens with zero attached hydrogens (tertiary/aromatic N) is 1. The van der Waals surface area contributed by atoms with Crippen molar-refractivity contribution < 1.29 is 4.79 Å². The van der Waals surface area contributed by atoms with E-state index in [1.165, 1.54) is 12.0 Å². The minimum atomic E-state index is 0. The lowest BCUT2D eigenvalue weighted by Gasteiger charge is -2.25. The van der Waals surface area contributed by atoms with Crippen LogP contribution in [0.3, 0.4) is 0 Å². The molecule has 0 heterocycles. The Balaban J connectivity index is 0.00000220. The first-order valence-electron chi connectivity index (χ1n) is 7.78. The van der Waals surface area contributed by atoms with Crippen LogP contribution in [-0.2, 0) is 11.3 Å². The molecular weight excluding hydrogens is 284 g/mol. The molecule has 1 fully saturated rings. The Morgan fingerprint density at radius 2 is 2.00 bits per heavy atom. The van der Waals surface area contributed by atoms with E-state index in [2.05, 4.69) is 19.1 Å². The normalized spacial score (nSPS) is 20.9. The van der Waals surface area contributed by atoms with Crippen molar-refractivity contribution in [3.8, 4) is 0 Å². The summed E-state index contributed by atoms with van der Waals surface area (Å²) in [5, 5.41) is 0. The number of carbonyl (C=O) groups excluding carboxylic acids is 1. The lowest BCUT2D eigenvalue weighted by atomic mass is 9.99. The van der Waals surface area contributed by atoms with Crippen LogP contribution in [0.4, 0.5) is 0 Å². The van der Waals surface area contributed by atoms with Gasteiger partial charge in [0.1, 0.15) is 0 Å². The molecule has 4 heteroatoms. The van der Waals surface area contributed by atoms with Crippen molar-refractivity contribution >= 4 is 18.3 Å². The van der Waals surface area contributed by atoms with Crippen molar-refractivity contribution in [3.05, 3.63) is 35.9 Å². The number of halogens is 1. The van der Waals surface area contributed by atoms with Gasteiger partial charge < -0.3 is 10.6 Å². The summed E-state index contributed by atoms with van der Waals surface area (Å²) in [7, 11) is 0. The number of nitrogens with two attached hydrogens (primary N) is 1. The zero-order chi connectivity index (χ0) is 14.4. The van der Waals surface area contributed by atoms with E-state index in [0.29, 0.717) is 12.3 Å². The first kappa shape index (κ1) is 18.0. The monoisotopic (exact) mass is 310 g/mol. The molecular formula is C17H27ClN2O. The fourth-order valence-electron chi connectivity index (χ4n) is 3.04. The molecule has 0 spiro atoms. The topological polar surface area (TPSA) is 46.3 Å². The summed E-state index contributed by atoms with van der Waals surface area (Å²) in [4.78, 5) is 14.5. The number of amides is 1. The fraction of sp³-hybridized carbons (Fsp3) is 0.588. The Hall–Kier alpha value is -1.06. The second kappa shape index (κ2) is 9.06. The Bertz CT molecular complexity index is 424. The summed E-state index contributed by atoms with van der Waals surface area (Å²) in [6, 6.07) is 10.4. The van der Waals surface area contributed by atoms with Crippen molar-refractivity contribution in [3.63, 3.8) is 0 Å². The Kier molecular flexibility index (Phi) is 7.76. The van der Waals surface area contributed by atoms with Gasteiger partial charge in [-0.2, -0.15) is 0 Å². The van der Waals surface area contributed by atoms with Crippen LogP contribution in [0.1, 0.15) is 44.6 Å². The Morgan fingerprint density at radius 1 is 1.29 bits per heavy atom. The van der Waals surface area contributed by atoms with Crippen LogP contribution in [0, 0.1) is 5.92 Å². The van der Waals surface area contributed by atoms with Crippen LogP contribution in [-0.4, -0.2) is 23.4 Å². The number of benzene rings is 1. The van der Waals surface area contributed by atoms with E-state index in [1.54, 1.807) is 0 Å². The largest absolute Gasteiger partial charge is 0.338 e. The van der Waals surface area contributed by atoms with E-state index in [4.69, 9.17) is 5.73 Å². The molecule has 0 unspecified atom stereocenters. The molecule has 2 N–H and O–H groups in total. The summed E-state index contributed by atoms with van der Waals surface area (Å²) >= 11 is 0. The van der Waals surface area contributed by atoms with Gasteiger partial charge in [-0.25, -0.2) is 0 Å². The predicted molar refractivity (Wildman–Crippen MR) is 89.3 cm³/mol. The van der Waals surface area contributed by atoms with Gasteiger partial charge in [0, 0.05) is 25.6 Å². The molecule has 2 atom stereocenters. The average Bonchev–Trinajstić information content (AvgIpc) is 2.85. The molecule has 1 amide bonds. The maximum Gasteiger partial charge on any atom is 0.223 e. The van der Waals surface area contributed by atoms with E-state index in [0.717, 1.165) is 32.4 Å². The lowest BCUT2D eigenvalue weighted by molar-refractivity contribution is -0.133. The SMILES string of the molecule is CCCN(Cc1ccccc1)C(=O)C[C@@H]1CCC[C@H]1N.Cl. The van der Waals surface area contributed by atoms with Crippen LogP contribution < -0.4 is 5.73 Å². The van der Waals surface area contributed by atoms with E-state index < -0.39 is 0 Å². The molecule has 0 aromatic heterocycles. The first-order valence-corrected chi connectivity index (χ1v) is 7.78. The molecule has 0 aliphatic heterocycles. The van der Waals surface area contributed by atoms with Crippen molar-refractivity contribution in [2.24, 2.45) is 11.7 Å². The summed E-state index contributed by atoms with van der Waals surface area (Å²) in [6.45, 7) is 3.66. The highest BCUT2D eigenvalue weighted by atomic mass is 35.5. The first-order chi connectivity index (χ1) is 9.70. The number of carbonyl (C=O) groups is 1. The van der Waals surface area contributed by atoms with Gasteiger partial charge in [-0.1, -0.05) is 43.7 Å². The van der Waals surface area contributed by atoms with Crippen molar-refractivity contribution in [1.82, 2.24) is 4.90 Å². The highest BCUT2D eigenvalue weighted by Gasteiger charge is 2.27. The average molecular weight is 311 g/mol. The van der Waals surface area contributed by atoms with Crippen LogP contribution >= 0.6 is 12.4 Å². The summed E-state index contributed by atoms with van der Waals surface area (Å²) in [5.74, 6) is 0.649. The maximum atomic E-state index is 12.5. The van der Waals surface area contributed by atoms with Gasteiger partial charge in [0.25, 0.3) is 0 Å². The molecule has 2 rings (SSSR count). The highest BCUT2D eigenvalue weighted by Crippen LogP contribution is 2.27. The zero-order valence-corrected chi connectivity index (χ0v) is 13.6. The van der Waals surface area contributed by atoms with Gasteiger partial charge in [0.2, 0.25) is 5.91 Å². The molecule has 0 saturated heterocycles. The predicted octanol–water partition coefficient (Wildman–Crippen LogP) is 3.36. The van der Waals surface area contributed by atoms with Crippen molar-refractivity contribution in [2.75, 3.05) is 6.54 Å². The minimum Gasteiger partial charge on any atom is -0.338 e. The molecule has 1 aromatic carbocycles. The number of hydrogen-bond donors (Lipinski definition) is 1. The second-order valence-electron chi connectivity index (χ2n) is 5.86. The maximum absolute atomic E-state index is 12.5. The number of hydrogen-bond acceptors (Lipinski definition) is 2. The summed E-state index contributed by atoms with van der Waals surface area (Å²) < 4.78 is 0. The van der Waals surface area contributed by atoms with Gasteiger partial charge in [-0.15, -0.1) is 12.4 Å². The van der Waals surface area contributed by atoms with E-state index >= 15 is 0 Å². The van der Waals surface area contributed by atoms with Crippen LogP contribution in [0.2, 0.25) is 0 Å². The Morgan fingerprint density at radius 3 is 2.57 bits per heavy atom. The number of rotatable bonds is 6. The summed E-state index contributed by atoms with van der Waals surface area (Å²) in [6.07, 6.45) is 4.97. The molecule has 21 heavy (non-hydrogen) atoms. The second-order valence-corrected chi connectivity index (χ2v) is 5.86. The molecule has 0 radical (unpaired) electrons. The third kappa shape index (κ3) is 5.33. The molecule has 1 aliphatic rings. The molecule has 1 aliphatic carbocycles. The van der Waals surface area contributed by atoms with Gasteiger partial charge in [-0.3, -0.25) is 4.79 Å². The van der Waals surface area contributed by atoms with E-state index in [-0.39, 0.29) is 24.4 Å². The molecule has 3 nitrogen and oxygen atoms in total. The van der Waals surface area contributed by atoms with Crippen LogP contribution in [0.25, 0.3) is 0 Å². The van der Waals surface area contributed by atoms with Crippen LogP contribution in [0.5, 0.6) is 0 Å². The summed E-state index contributed by atoms with van der Waals surface area (Å²) in [5.41, 5.74) is 7.28. The minimum absolute atomic E-state index is 0. The van der Waals surface area contributed by atoms with Crippen molar-refractivity contribution in [2.45, 2.75) is 51.6 Å².